The summed E-state index contributed by atoms with van der Waals surface area (Å²) in [6, 6.07) is 4.66. The number of nitrogens with one attached hydrogen (secondary N) is 2. The lowest BCUT2D eigenvalue weighted by molar-refractivity contribution is 0.254. The summed E-state index contributed by atoms with van der Waals surface area (Å²) < 4.78 is 0. The van der Waals surface area contributed by atoms with Crippen LogP contribution in [-0.4, -0.2) is 18.2 Å². The number of hydrogen-bond donors (Lipinski definition) is 3. The van der Waals surface area contributed by atoms with E-state index in [9.17, 15) is 9.90 Å². The minimum Gasteiger partial charge on any atom is -0.506 e. The first-order valence-electron chi connectivity index (χ1n) is 3.92. The Hall–Kier alpha value is -1.71. The topological polar surface area (TPSA) is 61.4 Å². The molecule has 0 radical (unpaired) electrons. The zero-order valence-corrected chi connectivity index (χ0v) is 7.59. The van der Waals surface area contributed by atoms with Gasteiger partial charge in [0.15, 0.2) is 0 Å². The van der Waals surface area contributed by atoms with Gasteiger partial charge < -0.3 is 15.7 Å². The van der Waals surface area contributed by atoms with Gasteiger partial charge in [-0.3, -0.25) is 0 Å². The molecule has 4 nitrogen and oxygen atoms in total. The molecule has 0 aliphatic carbocycles. The summed E-state index contributed by atoms with van der Waals surface area (Å²) in [5.74, 6) is 0.0641. The number of hydrogen-bond acceptors (Lipinski definition) is 2. The van der Waals surface area contributed by atoms with Gasteiger partial charge in [-0.25, -0.2) is 4.79 Å². The van der Waals surface area contributed by atoms with E-state index >= 15 is 0 Å². The second kappa shape index (κ2) is 3.80. The predicted molar refractivity (Wildman–Crippen MR) is 50.9 cm³/mol. The van der Waals surface area contributed by atoms with Gasteiger partial charge in [0, 0.05) is 7.05 Å². The van der Waals surface area contributed by atoms with Crippen molar-refractivity contribution in [1.29, 1.82) is 0 Å². The SMILES string of the molecule is CNC(=O)Nc1cc(C)ccc1O. The molecule has 3 N–H and O–H groups in total. The Morgan fingerprint density at radius 1 is 1.46 bits per heavy atom. The average molecular weight is 180 g/mol. The standard InChI is InChI=1S/C9H12N2O2/c1-6-3-4-8(12)7(5-6)11-9(13)10-2/h3-5,12H,1-2H3,(H2,10,11,13). The number of carbonyl (C=O) groups excluding carboxylic acids is 1. The molecule has 0 heterocycles. The predicted octanol–water partition coefficient (Wildman–Crippen LogP) is 1.45. The first kappa shape index (κ1) is 9.38. The third-order valence-corrected chi connectivity index (χ3v) is 1.63. The molecule has 0 aromatic heterocycles. The molecule has 0 fully saturated rings. The van der Waals surface area contributed by atoms with Crippen molar-refractivity contribution in [2.75, 3.05) is 12.4 Å². The number of phenols is 1. The molecule has 0 aliphatic heterocycles. The fraction of sp³-hybridized carbons (Fsp3) is 0.222. The van der Waals surface area contributed by atoms with Gasteiger partial charge in [-0.2, -0.15) is 0 Å². The maximum absolute atomic E-state index is 10.9. The molecule has 1 rings (SSSR count). The molecule has 0 aliphatic rings. The summed E-state index contributed by atoms with van der Waals surface area (Å²) in [5, 5.41) is 14.2. The molecule has 2 amide bonds. The van der Waals surface area contributed by atoms with Crippen LogP contribution in [0.2, 0.25) is 0 Å². The van der Waals surface area contributed by atoms with E-state index in [1.54, 1.807) is 18.2 Å². The van der Waals surface area contributed by atoms with E-state index in [2.05, 4.69) is 10.6 Å². The Kier molecular flexibility index (Phi) is 2.74. The minimum atomic E-state index is -0.346. The number of urea groups is 1. The first-order chi connectivity index (χ1) is 6.13. The lowest BCUT2D eigenvalue weighted by Gasteiger charge is -2.06. The van der Waals surface area contributed by atoms with Crippen LogP contribution in [0.4, 0.5) is 10.5 Å². The van der Waals surface area contributed by atoms with Crippen LogP contribution in [0.1, 0.15) is 5.56 Å². The fourth-order valence-electron chi connectivity index (χ4n) is 0.935. The van der Waals surface area contributed by atoms with E-state index in [-0.39, 0.29) is 11.8 Å². The Bertz CT molecular complexity index is 323. The van der Waals surface area contributed by atoms with Crippen molar-refractivity contribution in [3.05, 3.63) is 23.8 Å². The summed E-state index contributed by atoms with van der Waals surface area (Å²) in [5.41, 5.74) is 1.39. The number of aromatic hydroxyl groups is 1. The maximum Gasteiger partial charge on any atom is 0.319 e. The Labute approximate surface area is 76.6 Å². The lowest BCUT2D eigenvalue weighted by Crippen LogP contribution is -2.24. The highest BCUT2D eigenvalue weighted by atomic mass is 16.3. The van der Waals surface area contributed by atoms with Crippen LogP contribution in [0.25, 0.3) is 0 Å². The summed E-state index contributed by atoms with van der Waals surface area (Å²) in [6.45, 7) is 1.88. The maximum atomic E-state index is 10.9. The van der Waals surface area contributed by atoms with E-state index in [4.69, 9.17) is 0 Å². The molecule has 0 saturated heterocycles. The van der Waals surface area contributed by atoms with E-state index in [0.717, 1.165) is 5.56 Å². The lowest BCUT2D eigenvalue weighted by atomic mass is 10.2. The summed E-state index contributed by atoms with van der Waals surface area (Å²) >= 11 is 0. The molecule has 70 valence electrons. The number of phenolic OH excluding ortho intramolecular Hbond substituents is 1. The van der Waals surface area contributed by atoms with Crippen molar-refractivity contribution in [1.82, 2.24) is 5.32 Å². The Morgan fingerprint density at radius 2 is 2.15 bits per heavy atom. The van der Waals surface area contributed by atoms with E-state index in [1.165, 1.54) is 7.05 Å². The summed E-state index contributed by atoms with van der Waals surface area (Å²) in [4.78, 5) is 10.9. The fourth-order valence-corrected chi connectivity index (χ4v) is 0.935. The number of anilines is 1. The van der Waals surface area contributed by atoms with Crippen LogP contribution in [0, 0.1) is 6.92 Å². The second-order valence-corrected chi connectivity index (χ2v) is 2.72. The zero-order valence-electron chi connectivity index (χ0n) is 7.59. The highest BCUT2D eigenvalue weighted by molar-refractivity contribution is 5.90. The van der Waals surface area contributed by atoms with Gasteiger partial charge in [-0.15, -0.1) is 0 Å². The van der Waals surface area contributed by atoms with E-state index in [1.807, 2.05) is 6.92 Å². The monoisotopic (exact) mass is 180 g/mol. The van der Waals surface area contributed by atoms with E-state index < -0.39 is 0 Å². The molecule has 0 saturated carbocycles. The van der Waals surface area contributed by atoms with Gasteiger partial charge in [-0.05, 0) is 24.6 Å². The molecule has 0 unspecified atom stereocenters. The van der Waals surface area contributed by atoms with Crippen LogP contribution < -0.4 is 10.6 Å². The van der Waals surface area contributed by atoms with E-state index in [0.29, 0.717) is 5.69 Å². The van der Waals surface area contributed by atoms with Crippen LogP contribution in [0.15, 0.2) is 18.2 Å². The molecule has 0 atom stereocenters. The van der Waals surface area contributed by atoms with Crippen molar-refractivity contribution >= 4 is 11.7 Å². The molecular weight excluding hydrogens is 168 g/mol. The third-order valence-electron chi connectivity index (χ3n) is 1.63. The molecule has 4 heteroatoms. The number of benzene rings is 1. The second-order valence-electron chi connectivity index (χ2n) is 2.72. The van der Waals surface area contributed by atoms with Crippen molar-refractivity contribution < 1.29 is 9.90 Å². The number of carbonyl (C=O) groups is 1. The van der Waals surface area contributed by atoms with Crippen LogP contribution in [0.5, 0.6) is 5.75 Å². The van der Waals surface area contributed by atoms with Crippen LogP contribution in [0.3, 0.4) is 0 Å². The average Bonchev–Trinajstić information content (AvgIpc) is 2.11. The molecule has 13 heavy (non-hydrogen) atoms. The Balaban J connectivity index is 2.87. The van der Waals surface area contributed by atoms with Crippen molar-refractivity contribution in [3.63, 3.8) is 0 Å². The third kappa shape index (κ3) is 2.37. The molecule has 1 aromatic rings. The molecular formula is C9H12N2O2. The molecule has 0 bridgehead atoms. The van der Waals surface area contributed by atoms with Crippen molar-refractivity contribution in [2.24, 2.45) is 0 Å². The van der Waals surface area contributed by atoms with Gasteiger partial charge in [0.1, 0.15) is 5.75 Å². The van der Waals surface area contributed by atoms with Gasteiger partial charge in [0.25, 0.3) is 0 Å². The number of rotatable bonds is 1. The van der Waals surface area contributed by atoms with Gasteiger partial charge in [-0.1, -0.05) is 6.07 Å². The van der Waals surface area contributed by atoms with Gasteiger partial charge in [0.2, 0.25) is 0 Å². The smallest absolute Gasteiger partial charge is 0.319 e. The Morgan fingerprint density at radius 3 is 2.77 bits per heavy atom. The summed E-state index contributed by atoms with van der Waals surface area (Å²) in [7, 11) is 1.52. The first-order valence-corrected chi connectivity index (χ1v) is 3.92. The van der Waals surface area contributed by atoms with Gasteiger partial charge in [0.05, 0.1) is 5.69 Å². The molecule has 1 aromatic carbocycles. The van der Waals surface area contributed by atoms with Crippen molar-refractivity contribution in [3.8, 4) is 5.75 Å². The number of amides is 2. The van der Waals surface area contributed by atoms with Crippen LogP contribution in [-0.2, 0) is 0 Å². The van der Waals surface area contributed by atoms with Crippen molar-refractivity contribution in [2.45, 2.75) is 6.92 Å². The summed E-state index contributed by atoms with van der Waals surface area (Å²) in [6.07, 6.45) is 0. The van der Waals surface area contributed by atoms with Crippen LogP contribution >= 0.6 is 0 Å². The number of aryl methyl sites for hydroxylation is 1. The highest BCUT2D eigenvalue weighted by Gasteiger charge is 2.03. The van der Waals surface area contributed by atoms with Gasteiger partial charge >= 0.3 is 6.03 Å². The highest BCUT2D eigenvalue weighted by Crippen LogP contribution is 2.23. The normalized spacial score (nSPS) is 9.38. The minimum absolute atomic E-state index is 0.0641. The largest absolute Gasteiger partial charge is 0.506 e. The quantitative estimate of drug-likeness (QED) is 0.573. The zero-order chi connectivity index (χ0) is 9.84. The molecule has 0 spiro atoms.